The zero-order chi connectivity index (χ0) is 25.5. The van der Waals surface area contributed by atoms with Gasteiger partial charge >= 0.3 is 11.9 Å². The standard InChI is InChI=1S/C22H28N4O6S2/c1-5-10-32-20(27)17-13(3)25-16(12-24-22(23)33)19(21(28)31-6-2)18(17)14-8-7-9-15(11-14)26-34(4,29)30/h5,7-9,11,17-18,26H,1,6,10,12H2,2-4H3,(H3,23,24,33). The minimum absolute atomic E-state index is 0.00646. The molecule has 0 bridgehead atoms. The lowest BCUT2D eigenvalue weighted by atomic mass is 9.75. The van der Waals surface area contributed by atoms with Gasteiger partial charge in [0.1, 0.15) is 12.5 Å². The molecule has 1 aliphatic heterocycles. The first kappa shape index (κ1) is 27.0. The third-order valence-electron chi connectivity index (χ3n) is 4.79. The van der Waals surface area contributed by atoms with Gasteiger partial charge in [-0.05, 0) is 43.8 Å². The lowest BCUT2D eigenvalue weighted by molar-refractivity contribution is -0.145. The van der Waals surface area contributed by atoms with Crippen LogP contribution in [-0.2, 0) is 29.1 Å². The van der Waals surface area contributed by atoms with Gasteiger partial charge in [-0.25, -0.2) is 13.2 Å². The minimum Gasteiger partial charge on any atom is -0.463 e. The highest BCUT2D eigenvalue weighted by molar-refractivity contribution is 7.92. The van der Waals surface area contributed by atoms with Gasteiger partial charge in [-0.3, -0.25) is 14.5 Å². The van der Waals surface area contributed by atoms with Gasteiger partial charge in [0.25, 0.3) is 0 Å². The van der Waals surface area contributed by atoms with Crippen molar-refractivity contribution in [3.8, 4) is 0 Å². The van der Waals surface area contributed by atoms with Gasteiger partial charge in [0.15, 0.2) is 5.11 Å². The molecule has 1 aromatic carbocycles. The van der Waals surface area contributed by atoms with Crippen molar-refractivity contribution in [2.75, 3.05) is 30.7 Å². The highest BCUT2D eigenvalue weighted by Crippen LogP contribution is 2.41. The summed E-state index contributed by atoms with van der Waals surface area (Å²) in [7, 11) is -3.56. The molecule has 0 spiro atoms. The van der Waals surface area contributed by atoms with Crippen molar-refractivity contribution in [2.45, 2.75) is 19.8 Å². The van der Waals surface area contributed by atoms with E-state index >= 15 is 0 Å². The van der Waals surface area contributed by atoms with Gasteiger partial charge in [0, 0.05) is 17.3 Å². The predicted octanol–water partition coefficient (Wildman–Crippen LogP) is 1.61. The second kappa shape index (κ2) is 11.7. The van der Waals surface area contributed by atoms with E-state index < -0.39 is 33.8 Å². The number of nitrogens with one attached hydrogen (secondary N) is 2. The van der Waals surface area contributed by atoms with Crippen LogP contribution in [0.15, 0.2) is 53.2 Å². The quantitative estimate of drug-likeness (QED) is 0.243. The van der Waals surface area contributed by atoms with Crippen molar-refractivity contribution >= 4 is 50.7 Å². The molecule has 12 heteroatoms. The van der Waals surface area contributed by atoms with Gasteiger partial charge in [0.2, 0.25) is 10.0 Å². The lowest BCUT2D eigenvalue weighted by Gasteiger charge is -2.32. The van der Waals surface area contributed by atoms with E-state index in [0.29, 0.717) is 17.0 Å². The van der Waals surface area contributed by atoms with Crippen LogP contribution >= 0.6 is 12.2 Å². The number of thiocarbonyl (C=S) groups is 1. The first-order valence-electron chi connectivity index (χ1n) is 10.3. The summed E-state index contributed by atoms with van der Waals surface area (Å²) in [5.74, 6) is -3.14. The Kier molecular flexibility index (Phi) is 9.33. The largest absolute Gasteiger partial charge is 0.463 e. The molecule has 34 heavy (non-hydrogen) atoms. The summed E-state index contributed by atoms with van der Waals surface area (Å²) in [6, 6.07) is 6.41. The fourth-order valence-electron chi connectivity index (χ4n) is 3.60. The number of rotatable bonds is 10. The van der Waals surface area contributed by atoms with E-state index in [1.54, 1.807) is 38.1 Å². The van der Waals surface area contributed by atoms with Crippen molar-refractivity contribution in [1.29, 1.82) is 0 Å². The van der Waals surface area contributed by atoms with E-state index in [9.17, 15) is 18.0 Å². The van der Waals surface area contributed by atoms with E-state index in [1.807, 2.05) is 0 Å². The highest BCUT2D eigenvalue weighted by atomic mass is 32.2. The van der Waals surface area contributed by atoms with Crippen LogP contribution in [0.25, 0.3) is 0 Å². The number of nitrogens with two attached hydrogens (primary N) is 1. The Bertz CT molecular complexity index is 1140. The fraction of sp³-hybridized carbons (Fsp3) is 0.364. The Morgan fingerprint density at radius 1 is 1.32 bits per heavy atom. The van der Waals surface area contributed by atoms with Crippen LogP contribution in [0.3, 0.4) is 0 Å². The maximum atomic E-state index is 13.1. The maximum absolute atomic E-state index is 13.1. The summed E-state index contributed by atoms with van der Waals surface area (Å²) in [5, 5.41) is 2.78. The number of aliphatic imine (C=N–C) groups is 1. The van der Waals surface area contributed by atoms with Crippen LogP contribution in [0.1, 0.15) is 25.3 Å². The third-order valence-corrected chi connectivity index (χ3v) is 5.54. The molecule has 0 aliphatic carbocycles. The summed E-state index contributed by atoms with van der Waals surface area (Å²) < 4.78 is 36.5. The van der Waals surface area contributed by atoms with Crippen LogP contribution in [0.5, 0.6) is 0 Å². The molecule has 0 radical (unpaired) electrons. The van der Waals surface area contributed by atoms with Gasteiger partial charge in [-0.1, -0.05) is 24.8 Å². The number of nitrogens with zero attached hydrogens (tertiary/aromatic N) is 1. The average Bonchev–Trinajstić information content (AvgIpc) is 2.74. The lowest BCUT2D eigenvalue weighted by Crippen LogP contribution is -2.39. The Morgan fingerprint density at radius 2 is 2.03 bits per heavy atom. The first-order chi connectivity index (χ1) is 16.0. The molecule has 1 heterocycles. The first-order valence-corrected chi connectivity index (χ1v) is 12.6. The summed E-state index contributed by atoms with van der Waals surface area (Å²) in [6.45, 7) is 6.94. The van der Waals surface area contributed by atoms with Crippen molar-refractivity contribution in [3.05, 3.63) is 53.8 Å². The molecule has 10 nitrogen and oxygen atoms in total. The molecule has 2 atom stereocenters. The van der Waals surface area contributed by atoms with E-state index in [-0.39, 0.29) is 36.1 Å². The topological polar surface area (TPSA) is 149 Å². The van der Waals surface area contributed by atoms with Gasteiger partial charge in [-0.15, -0.1) is 0 Å². The van der Waals surface area contributed by atoms with E-state index in [2.05, 4.69) is 21.6 Å². The molecular formula is C22H28N4O6S2. The molecule has 0 aromatic heterocycles. The number of esters is 2. The summed E-state index contributed by atoms with van der Waals surface area (Å²) in [5.41, 5.74) is 7.13. The number of anilines is 1. The number of hydrogen-bond donors (Lipinski definition) is 3. The van der Waals surface area contributed by atoms with Gasteiger partial charge in [-0.2, -0.15) is 0 Å². The van der Waals surface area contributed by atoms with Crippen molar-refractivity contribution < 1.29 is 27.5 Å². The Labute approximate surface area is 204 Å². The molecule has 4 N–H and O–H groups in total. The van der Waals surface area contributed by atoms with E-state index in [1.165, 1.54) is 6.08 Å². The summed E-state index contributed by atoms with van der Waals surface area (Å²) in [6.07, 6.45) is 2.45. The van der Waals surface area contributed by atoms with Crippen LogP contribution in [-0.4, -0.2) is 57.2 Å². The summed E-state index contributed by atoms with van der Waals surface area (Å²) >= 11 is 4.88. The SMILES string of the molecule is C=CCOC(=O)C1C(C)=NC(CNC(N)=S)=C(C(=O)OCC)C1c1cccc(NS(C)(=O)=O)c1. The molecule has 2 unspecified atom stereocenters. The molecule has 0 saturated heterocycles. The Hall–Kier alpha value is -3.25. The third kappa shape index (κ3) is 7.12. The number of carbonyl (C=O) groups excluding carboxylic acids is 2. The smallest absolute Gasteiger partial charge is 0.336 e. The monoisotopic (exact) mass is 508 g/mol. The van der Waals surface area contributed by atoms with Crippen molar-refractivity contribution in [1.82, 2.24) is 5.32 Å². The highest BCUT2D eigenvalue weighted by Gasteiger charge is 2.43. The van der Waals surface area contributed by atoms with Crippen molar-refractivity contribution in [2.24, 2.45) is 16.6 Å². The number of ether oxygens (including phenoxy) is 2. The molecule has 2 rings (SSSR count). The predicted molar refractivity (Wildman–Crippen MR) is 134 cm³/mol. The second-order valence-corrected chi connectivity index (χ2v) is 9.61. The van der Waals surface area contributed by atoms with E-state index in [4.69, 9.17) is 27.4 Å². The molecule has 184 valence electrons. The Balaban J connectivity index is 2.73. The molecule has 0 amide bonds. The molecule has 0 fully saturated rings. The van der Waals surface area contributed by atoms with Crippen LogP contribution in [0.4, 0.5) is 5.69 Å². The number of hydrogen-bond acceptors (Lipinski definition) is 8. The number of carbonyl (C=O) groups is 2. The normalized spacial score (nSPS) is 17.9. The van der Waals surface area contributed by atoms with Crippen molar-refractivity contribution in [3.63, 3.8) is 0 Å². The maximum Gasteiger partial charge on any atom is 0.336 e. The fourth-order valence-corrected chi connectivity index (χ4v) is 4.22. The second-order valence-electron chi connectivity index (χ2n) is 7.43. The van der Waals surface area contributed by atoms with Crippen LogP contribution in [0.2, 0.25) is 0 Å². The Morgan fingerprint density at radius 3 is 2.62 bits per heavy atom. The minimum atomic E-state index is -3.56. The summed E-state index contributed by atoms with van der Waals surface area (Å²) in [4.78, 5) is 30.7. The zero-order valence-corrected chi connectivity index (χ0v) is 20.8. The number of sulfonamides is 1. The molecule has 0 saturated carbocycles. The average molecular weight is 509 g/mol. The van der Waals surface area contributed by atoms with Gasteiger partial charge < -0.3 is 20.5 Å². The van der Waals surface area contributed by atoms with Crippen LogP contribution in [0, 0.1) is 5.92 Å². The molecule has 1 aliphatic rings. The molecular weight excluding hydrogens is 480 g/mol. The number of benzene rings is 1. The van der Waals surface area contributed by atoms with Crippen LogP contribution < -0.4 is 15.8 Å². The molecule has 1 aromatic rings. The van der Waals surface area contributed by atoms with E-state index in [0.717, 1.165) is 6.26 Å². The zero-order valence-electron chi connectivity index (χ0n) is 19.2. The van der Waals surface area contributed by atoms with Gasteiger partial charge in [0.05, 0.1) is 30.7 Å².